The number of carbonyl (C=O) groups is 1. The van der Waals surface area contributed by atoms with Crippen molar-refractivity contribution in [3.8, 4) is 17.1 Å². The Hall–Kier alpha value is -2.74. The average Bonchev–Trinajstić information content (AvgIpc) is 2.95. The number of aromatic nitrogens is 4. The zero-order chi connectivity index (χ0) is 17.4. The highest BCUT2D eigenvalue weighted by molar-refractivity contribution is 6.32. The first-order valence-electron chi connectivity index (χ1n) is 6.77. The van der Waals surface area contributed by atoms with Crippen LogP contribution in [0.4, 0.5) is 4.39 Å². The Morgan fingerprint density at radius 1 is 1.29 bits per heavy atom. The number of esters is 1. The Labute approximate surface area is 141 Å². The minimum atomic E-state index is -0.726. The molecule has 124 valence electrons. The van der Waals surface area contributed by atoms with Crippen LogP contribution < -0.4 is 4.74 Å². The lowest BCUT2D eigenvalue weighted by molar-refractivity contribution is 0.0596. The molecule has 9 heteroatoms. The molecular weight excluding hydrogens is 339 g/mol. The van der Waals surface area contributed by atoms with Crippen LogP contribution in [0, 0.1) is 5.82 Å². The molecule has 0 atom stereocenters. The molecule has 7 nitrogen and oxygen atoms in total. The fourth-order valence-corrected chi connectivity index (χ4v) is 2.53. The highest BCUT2D eigenvalue weighted by Gasteiger charge is 2.22. The number of ether oxygens (including phenoxy) is 2. The number of carbonyl (C=O) groups excluding carboxylic acids is 1. The topological polar surface area (TPSA) is 79.1 Å². The highest BCUT2D eigenvalue weighted by Crippen LogP contribution is 2.34. The molecule has 0 fully saturated rings. The summed E-state index contributed by atoms with van der Waals surface area (Å²) in [5, 5.41) is 0.117. The lowest BCUT2D eigenvalue weighted by Crippen LogP contribution is -2.09. The van der Waals surface area contributed by atoms with Gasteiger partial charge in [-0.3, -0.25) is 0 Å². The van der Waals surface area contributed by atoms with Crippen LogP contribution in [0.5, 0.6) is 5.75 Å². The molecule has 0 spiro atoms. The first-order valence-corrected chi connectivity index (χ1v) is 7.15. The van der Waals surface area contributed by atoms with E-state index in [-0.39, 0.29) is 33.5 Å². The number of hydrogen-bond donors (Lipinski definition) is 0. The number of aryl methyl sites for hydroxylation is 1. The largest absolute Gasteiger partial charge is 0.492 e. The van der Waals surface area contributed by atoms with E-state index >= 15 is 0 Å². The molecule has 0 unspecified atom stereocenters. The minimum Gasteiger partial charge on any atom is -0.492 e. The Kier molecular flexibility index (Phi) is 4.06. The van der Waals surface area contributed by atoms with E-state index in [1.165, 1.54) is 32.7 Å². The van der Waals surface area contributed by atoms with Gasteiger partial charge in [0, 0.05) is 7.05 Å². The molecule has 0 amide bonds. The summed E-state index contributed by atoms with van der Waals surface area (Å²) in [4.78, 5) is 24.5. The summed E-state index contributed by atoms with van der Waals surface area (Å²) in [6, 6.07) is 2.87. The molecular formula is C15H12ClFN4O3. The highest BCUT2D eigenvalue weighted by atomic mass is 35.5. The van der Waals surface area contributed by atoms with Gasteiger partial charge in [-0.1, -0.05) is 11.6 Å². The summed E-state index contributed by atoms with van der Waals surface area (Å²) in [7, 11) is 4.23. The molecule has 0 bridgehead atoms. The monoisotopic (exact) mass is 350 g/mol. The Bertz CT molecular complexity index is 958. The lowest BCUT2D eigenvalue weighted by atomic mass is 10.1. The Morgan fingerprint density at radius 2 is 2.04 bits per heavy atom. The van der Waals surface area contributed by atoms with Gasteiger partial charge < -0.3 is 14.0 Å². The Morgan fingerprint density at radius 3 is 2.71 bits per heavy atom. The molecule has 3 rings (SSSR count). The molecule has 0 N–H and O–H groups in total. The van der Waals surface area contributed by atoms with Crippen molar-refractivity contribution in [2.24, 2.45) is 7.05 Å². The number of imidazole rings is 1. The van der Waals surface area contributed by atoms with E-state index in [0.29, 0.717) is 5.52 Å². The van der Waals surface area contributed by atoms with E-state index < -0.39 is 11.8 Å². The van der Waals surface area contributed by atoms with Crippen LogP contribution in [0.25, 0.3) is 22.6 Å². The van der Waals surface area contributed by atoms with Crippen LogP contribution in [0.1, 0.15) is 10.5 Å². The quantitative estimate of drug-likeness (QED) is 0.676. The molecule has 0 aliphatic rings. The molecule has 0 radical (unpaired) electrons. The maximum absolute atomic E-state index is 14.6. The Balaban J connectivity index is 2.30. The van der Waals surface area contributed by atoms with Crippen LogP contribution in [-0.4, -0.2) is 39.7 Å². The van der Waals surface area contributed by atoms with Crippen molar-refractivity contribution in [2.75, 3.05) is 14.2 Å². The molecule has 2 heterocycles. The second kappa shape index (κ2) is 6.04. The molecule has 0 saturated carbocycles. The number of methoxy groups -OCH3 is 2. The zero-order valence-corrected chi connectivity index (χ0v) is 13.8. The first-order chi connectivity index (χ1) is 11.5. The van der Waals surface area contributed by atoms with Gasteiger partial charge >= 0.3 is 5.97 Å². The van der Waals surface area contributed by atoms with Crippen molar-refractivity contribution in [3.63, 3.8) is 0 Å². The number of nitrogens with zero attached hydrogens (tertiary/aromatic N) is 4. The van der Waals surface area contributed by atoms with Crippen molar-refractivity contribution in [2.45, 2.75) is 0 Å². The number of fused-ring (bicyclic) bond motifs is 1. The van der Waals surface area contributed by atoms with Gasteiger partial charge in [-0.05, 0) is 12.1 Å². The van der Waals surface area contributed by atoms with E-state index in [0.717, 1.165) is 0 Å². The summed E-state index contributed by atoms with van der Waals surface area (Å²) >= 11 is 5.90. The summed E-state index contributed by atoms with van der Waals surface area (Å²) in [6.45, 7) is 0. The molecule has 24 heavy (non-hydrogen) atoms. The summed E-state index contributed by atoms with van der Waals surface area (Å²) in [5.41, 5.74) is 0.669. The van der Waals surface area contributed by atoms with Gasteiger partial charge in [0.1, 0.15) is 5.52 Å². The number of rotatable bonds is 3. The van der Waals surface area contributed by atoms with Crippen LogP contribution in [-0.2, 0) is 11.8 Å². The fraction of sp³-hybridized carbons (Fsp3) is 0.200. The van der Waals surface area contributed by atoms with Crippen LogP contribution in [0.15, 0.2) is 18.5 Å². The average molecular weight is 351 g/mol. The summed E-state index contributed by atoms with van der Waals surface area (Å²) < 4.78 is 25.9. The molecule has 0 aliphatic heterocycles. The number of hydrogen-bond acceptors (Lipinski definition) is 6. The third-order valence-electron chi connectivity index (χ3n) is 3.44. The van der Waals surface area contributed by atoms with Gasteiger partial charge in [-0.15, -0.1) is 0 Å². The molecule has 0 saturated heterocycles. The maximum atomic E-state index is 14.6. The molecule has 3 aromatic rings. The standard InChI is InChI=1S/C15H12ClFN4O3/c1-21-6-18-14-11(21)10(15(22)24-3)19-13(20-14)7-4-5-8(16)12(23-2)9(7)17/h4-6H,1-3H3. The number of benzene rings is 1. The van der Waals surface area contributed by atoms with E-state index in [1.54, 1.807) is 11.6 Å². The zero-order valence-electron chi connectivity index (χ0n) is 13.0. The third-order valence-corrected chi connectivity index (χ3v) is 3.74. The van der Waals surface area contributed by atoms with Gasteiger partial charge in [0.05, 0.1) is 31.1 Å². The van der Waals surface area contributed by atoms with Gasteiger partial charge in [0.2, 0.25) is 0 Å². The molecule has 2 aromatic heterocycles. The molecule has 1 aromatic carbocycles. The lowest BCUT2D eigenvalue weighted by Gasteiger charge is -2.10. The van der Waals surface area contributed by atoms with Crippen molar-refractivity contribution >= 4 is 28.7 Å². The van der Waals surface area contributed by atoms with E-state index in [2.05, 4.69) is 15.0 Å². The SMILES string of the molecule is COC(=O)c1nc(-c2ccc(Cl)c(OC)c2F)nc2ncn(C)c12. The summed E-state index contributed by atoms with van der Waals surface area (Å²) in [5.74, 6) is -1.54. The van der Waals surface area contributed by atoms with Crippen molar-refractivity contribution in [1.82, 2.24) is 19.5 Å². The fourth-order valence-electron chi connectivity index (χ4n) is 2.31. The smallest absolute Gasteiger partial charge is 0.359 e. The van der Waals surface area contributed by atoms with Crippen molar-refractivity contribution in [1.29, 1.82) is 0 Å². The predicted molar refractivity (Wildman–Crippen MR) is 84.6 cm³/mol. The minimum absolute atomic E-state index is 0.00850. The van der Waals surface area contributed by atoms with E-state index in [4.69, 9.17) is 21.1 Å². The first kappa shape index (κ1) is 16.1. The predicted octanol–water partition coefficient (Wildman–Crippen LogP) is 2.62. The normalized spacial score (nSPS) is 10.9. The van der Waals surface area contributed by atoms with Gasteiger partial charge in [0.25, 0.3) is 0 Å². The van der Waals surface area contributed by atoms with Gasteiger partial charge in [-0.2, -0.15) is 0 Å². The van der Waals surface area contributed by atoms with Gasteiger partial charge in [-0.25, -0.2) is 24.1 Å². The van der Waals surface area contributed by atoms with Crippen LogP contribution in [0.2, 0.25) is 5.02 Å². The van der Waals surface area contributed by atoms with E-state index in [9.17, 15) is 9.18 Å². The van der Waals surface area contributed by atoms with E-state index in [1.807, 2.05) is 0 Å². The third kappa shape index (κ3) is 2.44. The maximum Gasteiger partial charge on any atom is 0.359 e. The second-order valence-electron chi connectivity index (χ2n) is 4.86. The van der Waals surface area contributed by atoms with Crippen molar-refractivity contribution in [3.05, 3.63) is 35.0 Å². The van der Waals surface area contributed by atoms with Crippen LogP contribution >= 0.6 is 11.6 Å². The number of halogens is 2. The van der Waals surface area contributed by atoms with Gasteiger partial charge in [0.15, 0.2) is 28.7 Å². The second-order valence-corrected chi connectivity index (χ2v) is 5.26. The molecule has 0 aliphatic carbocycles. The van der Waals surface area contributed by atoms with Crippen LogP contribution in [0.3, 0.4) is 0 Å². The van der Waals surface area contributed by atoms with Crippen molar-refractivity contribution < 1.29 is 18.7 Å². The summed E-state index contributed by atoms with van der Waals surface area (Å²) in [6.07, 6.45) is 1.48.